The summed E-state index contributed by atoms with van der Waals surface area (Å²) in [6.45, 7) is 0.596. The van der Waals surface area contributed by atoms with Gasteiger partial charge in [-0.25, -0.2) is 0 Å². The number of fused-ring (bicyclic) bond motifs is 1. The number of rotatable bonds is 2. The zero-order chi connectivity index (χ0) is 9.26. The minimum Gasteiger partial charge on any atom is -0.493 e. The molecule has 0 spiro atoms. The maximum Gasteiger partial charge on any atom is 0.225 e. The summed E-state index contributed by atoms with van der Waals surface area (Å²) in [5.41, 5.74) is 1.34. The molecule has 0 bridgehead atoms. The van der Waals surface area contributed by atoms with Crippen LogP contribution < -0.4 is 4.74 Å². The molecule has 1 aliphatic heterocycles. The molecule has 2 rings (SSSR count). The Morgan fingerprint density at radius 1 is 1.46 bits per heavy atom. The summed E-state index contributed by atoms with van der Waals surface area (Å²) in [7, 11) is 0. The predicted octanol–water partition coefficient (Wildman–Crippen LogP) is 1.00. The summed E-state index contributed by atoms with van der Waals surface area (Å²) < 4.78 is 5.27. The van der Waals surface area contributed by atoms with Gasteiger partial charge in [0, 0.05) is 17.5 Å². The van der Waals surface area contributed by atoms with Crippen LogP contribution in [0.1, 0.15) is 15.9 Å². The van der Waals surface area contributed by atoms with Gasteiger partial charge in [-0.1, -0.05) is 12.1 Å². The van der Waals surface area contributed by atoms with Crippen molar-refractivity contribution in [3.05, 3.63) is 29.3 Å². The maximum atomic E-state index is 11.1. The number of aldehydes is 1. The normalized spacial score (nSPS) is 13.2. The van der Waals surface area contributed by atoms with Crippen molar-refractivity contribution < 1.29 is 14.3 Å². The Hall–Kier alpha value is -1.64. The maximum absolute atomic E-state index is 11.1. The number of ketones is 1. The Morgan fingerprint density at radius 3 is 3.08 bits per heavy atom. The number of carbonyl (C=O) groups is 2. The standard InChI is InChI=1S/C10H8O3/c11-6-9(12)7-2-1-3-10-8(7)4-5-13-10/h1-3,6H,4-5H2. The quantitative estimate of drug-likeness (QED) is 0.383. The van der Waals surface area contributed by atoms with Gasteiger partial charge in [-0.3, -0.25) is 9.59 Å². The topological polar surface area (TPSA) is 43.4 Å². The van der Waals surface area contributed by atoms with Gasteiger partial charge in [0.15, 0.2) is 6.29 Å². The van der Waals surface area contributed by atoms with E-state index < -0.39 is 5.78 Å². The average Bonchev–Trinajstić information content (AvgIpc) is 2.63. The van der Waals surface area contributed by atoms with Crippen LogP contribution in [0.3, 0.4) is 0 Å². The zero-order valence-corrected chi connectivity index (χ0v) is 6.95. The summed E-state index contributed by atoms with van der Waals surface area (Å²) in [5.74, 6) is 0.259. The highest BCUT2D eigenvalue weighted by molar-refractivity contribution is 6.33. The SMILES string of the molecule is O=CC(=O)c1cccc2c1CCO2. The summed E-state index contributed by atoms with van der Waals surface area (Å²) in [5, 5.41) is 0. The number of carbonyl (C=O) groups excluding carboxylic acids is 2. The lowest BCUT2D eigenvalue weighted by Gasteiger charge is -2.01. The lowest BCUT2D eigenvalue weighted by atomic mass is 10.0. The van der Waals surface area contributed by atoms with Crippen LogP contribution in [0.15, 0.2) is 18.2 Å². The molecule has 0 aliphatic carbocycles. The van der Waals surface area contributed by atoms with Gasteiger partial charge < -0.3 is 4.74 Å². The smallest absolute Gasteiger partial charge is 0.225 e. The van der Waals surface area contributed by atoms with E-state index in [2.05, 4.69) is 0 Å². The van der Waals surface area contributed by atoms with Crippen molar-refractivity contribution in [2.75, 3.05) is 6.61 Å². The molecule has 0 unspecified atom stereocenters. The summed E-state index contributed by atoms with van der Waals surface area (Å²) in [6, 6.07) is 5.19. The minimum absolute atomic E-state index is 0.341. The molecule has 0 amide bonds. The van der Waals surface area contributed by atoms with Gasteiger partial charge in [0.25, 0.3) is 0 Å². The fourth-order valence-corrected chi connectivity index (χ4v) is 1.52. The van der Waals surface area contributed by atoms with E-state index in [0.29, 0.717) is 24.9 Å². The molecule has 0 aromatic heterocycles. The zero-order valence-electron chi connectivity index (χ0n) is 6.95. The molecule has 1 aromatic rings. The number of benzene rings is 1. The first-order valence-electron chi connectivity index (χ1n) is 4.07. The van der Waals surface area contributed by atoms with E-state index in [-0.39, 0.29) is 0 Å². The third kappa shape index (κ3) is 1.22. The second-order valence-electron chi connectivity index (χ2n) is 2.86. The monoisotopic (exact) mass is 176 g/mol. The van der Waals surface area contributed by atoms with Crippen molar-refractivity contribution in [3.63, 3.8) is 0 Å². The second-order valence-corrected chi connectivity index (χ2v) is 2.86. The highest BCUT2D eigenvalue weighted by atomic mass is 16.5. The first-order chi connectivity index (χ1) is 6.33. The molecule has 0 saturated heterocycles. The lowest BCUT2D eigenvalue weighted by Crippen LogP contribution is -2.03. The number of Topliss-reactive ketones (excluding diaryl/α,β-unsaturated/α-hetero) is 1. The van der Waals surface area contributed by atoms with Crippen molar-refractivity contribution in [1.29, 1.82) is 0 Å². The Balaban J connectivity index is 2.53. The molecule has 3 heteroatoms. The van der Waals surface area contributed by atoms with Crippen LogP contribution in [-0.4, -0.2) is 18.7 Å². The molecule has 0 N–H and O–H groups in total. The number of hydrogen-bond acceptors (Lipinski definition) is 3. The molecule has 1 aliphatic rings. The third-order valence-electron chi connectivity index (χ3n) is 2.12. The molecule has 0 atom stereocenters. The van der Waals surface area contributed by atoms with Crippen LogP contribution in [0.25, 0.3) is 0 Å². The van der Waals surface area contributed by atoms with Crippen LogP contribution in [-0.2, 0) is 11.2 Å². The third-order valence-corrected chi connectivity index (χ3v) is 2.12. The van der Waals surface area contributed by atoms with Crippen molar-refractivity contribution in [2.45, 2.75) is 6.42 Å². The van der Waals surface area contributed by atoms with E-state index in [1.165, 1.54) is 0 Å². The summed E-state index contributed by atoms with van der Waals surface area (Å²) >= 11 is 0. The average molecular weight is 176 g/mol. The van der Waals surface area contributed by atoms with Crippen LogP contribution in [0.2, 0.25) is 0 Å². The molecule has 1 aromatic carbocycles. The van der Waals surface area contributed by atoms with Crippen molar-refractivity contribution in [1.82, 2.24) is 0 Å². The molecule has 3 nitrogen and oxygen atoms in total. The van der Waals surface area contributed by atoms with Crippen LogP contribution in [0.5, 0.6) is 5.75 Å². The Morgan fingerprint density at radius 2 is 2.31 bits per heavy atom. The first kappa shape index (κ1) is 7.98. The van der Waals surface area contributed by atoms with Crippen molar-refractivity contribution in [3.8, 4) is 5.75 Å². The number of hydrogen-bond donors (Lipinski definition) is 0. The summed E-state index contributed by atoms with van der Waals surface area (Å²) in [6.07, 6.45) is 1.05. The molecular weight excluding hydrogens is 168 g/mol. The van der Waals surface area contributed by atoms with Gasteiger partial charge in [0.1, 0.15) is 5.75 Å². The lowest BCUT2D eigenvalue weighted by molar-refractivity contribution is -0.104. The highest BCUT2D eigenvalue weighted by Gasteiger charge is 2.18. The molecule has 0 fully saturated rings. The predicted molar refractivity (Wildman–Crippen MR) is 46.0 cm³/mol. The van der Waals surface area contributed by atoms with E-state index in [0.717, 1.165) is 11.3 Å². The van der Waals surface area contributed by atoms with E-state index in [1.54, 1.807) is 12.1 Å². The molecule has 66 valence electrons. The van der Waals surface area contributed by atoms with Crippen LogP contribution in [0.4, 0.5) is 0 Å². The van der Waals surface area contributed by atoms with Gasteiger partial charge in [-0.05, 0) is 6.07 Å². The minimum atomic E-state index is -0.470. The molecule has 13 heavy (non-hydrogen) atoms. The highest BCUT2D eigenvalue weighted by Crippen LogP contribution is 2.27. The van der Waals surface area contributed by atoms with Crippen molar-refractivity contribution >= 4 is 12.1 Å². The number of ether oxygens (including phenoxy) is 1. The van der Waals surface area contributed by atoms with Gasteiger partial charge in [0.05, 0.1) is 6.61 Å². The first-order valence-corrected chi connectivity index (χ1v) is 4.07. The summed E-state index contributed by atoms with van der Waals surface area (Å²) in [4.78, 5) is 21.5. The van der Waals surface area contributed by atoms with Gasteiger partial charge in [0.2, 0.25) is 5.78 Å². The van der Waals surface area contributed by atoms with Crippen LogP contribution in [0, 0.1) is 0 Å². The Labute approximate surface area is 75.3 Å². The molecule has 1 heterocycles. The fourth-order valence-electron chi connectivity index (χ4n) is 1.52. The van der Waals surface area contributed by atoms with E-state index in [9.17, 15) is 9.59 Å². The van der Waals surface area contributed by atoms with E-state index in [1.807, 2.05) is 6.07 Å². The van der Waals surface area contributed by atoms with E-state index in [4.69, 9.17) is 4.74 Å². The Kier molecular flexibility index (Phi) is 1.85. The molecule has 0 saturated carbocycles. The largest absolute Gasteiger partial charge is 0.493 e. The Bertz CT molecular complexity index is 368. The van der Waals surface area contributed by atoms with Gasteiger partial charge in [-0.15, -0.1) is 0 Å². The molecular formula is C10H8O3. The molecule has 0 radical (unpaired) electrons. The van der Waals surface area contributed by atoms with Crippen LogP contribution >= 0.6 is 0 Å². The van der Waals surface area contributed by atoms with Gasteiger partial charge >= 0.3 is 0 Å². The van der Waals surface area contributed by atoms with E-state index >= 15 is 0 Å². The van der Waals surface area contributed by atoms with Crippen molar-refractivity contribution in [2.24, 2.45) is 0 Å². The van der Waals surface area contributed by atoms with Gasteiger partial charge in [-0.2, -0.15) is 0 Å². The second kappa shape index (κ2) is 3.01. The fraction of sp³-hybridized carbons (Fsp3) is 0.200.